The van der Waals surface area contributed by atoms with Crippen molar-refractivity contribution in [1.82, 2.24) is 9.55 Å². The van der Waals surface area contributed by atoms with Gasteiger partial charge < -0.3 is 0 Å². The summed E-state index contributed by atoms with van der Waals surface area (Å²) in [4.78, 5) is 4.63. The van der Waals surface area contributed by atoms with E-state index in [1.54, 1.807) is 0 Å². The Morgan fingerprint density at radius 2 is 1.70 bits per heavy atom. The minimum atomic E-state index is 0.794. The van der Waals surface area contributed by atoms with Gasteiger partial charge in [0.1, 0.15) is 5.82 Å². The average molecular weight is 361 g/mol. The maximum absolute atomic E-state index is 4.63. The maximum Gasteiger partial charge on any atom is 0.144 e. The van der Waals surface area contributed by atoms with E-state index in [1.807, 2.05) is 12.3 Å². The molecule has 0 radical (unpaired) electrons. The molecular formula is C25H32N2. The summed E-state index contributed by atoms with van der Waals surface area (Å²) in [5, 5.41) is 0. The quantitative estimate of drug-likeness (QED) is 0.426. The van der Waals surface area contributed by atoms with Crippen molar-refractivity contribution < 1.29 is 0 Å². The normalized spacial score (nSPS) is 12.3. The number of unbranched alkanes of at least 4 members (excludes halogenated alkanes) is 1. The predicted molar refractivity (Wildman–Crippen MR) is 115 cm³/mol. The van der Waals surface area contributed by atoms with Crippen molar-refractivity contribution in [2.24, 2.45) is 5.92 Å². The van der Waals surface area contributed by atoms with Gasteiger partial charge in [-0.15, -0.1) is 0 Å². The van der Waals surface area contributed by atoms with Gasteiger partial charge in [-0.05, 0) is 42.9 Å². The number of imidazole rings is 1. The molecule has 0 spiro atoms. The van der Waals surface area contributed by atoms with Crippen molar-refractivity contribution in [3.05, 3.63) is 71.5 Å². The number of hydrogen-bond donors (Lipinski definition) is 0. The summed E-state index contributed by atoms with van der Waals surface area (Å²) >= 11 is 0. The third-order valence-corrected chi connectivity index (χ3v) is 5.53. The predicted octanol–water partition coefficient (Wildman–Crippen LogP) is 6.92. The van der Waals surface area contributed by atoms with Crippen molar-refractivity contribution in [1.29, 1.82) is 0 Å². The molecule has 3 rings (SSSR count). The van der Waals surface area contributed by atoms with E-state index < -0.39 is 0 Å². The highest BCUT2D eigenvalue weighted by Crippen LogP contribution is 2.28. The van der Waals surface area contributed by atoms with Crippen molar-refractivity contribution in [2.75, 3.05) is 0 Å². The fourth-order valence-corrected chi connectivity index (χ4v) is 4.10. The van der Waals surface area contributed by atoms with Gasteiger partial charge >= 0.3 is 0 Å². The van der Waals surface area contributed by atoms with Gasteiger partial charge in [0.25, 0.3) is 0 Å². The molecule has 0 N–H and O–H groups in total. The molecule has 3 aromatic rings. The largest absolute Gasteiger partial charge is 0.299 e. The van der Waals surface area contributed by atoms with E-state index in [9.17, 15) is 0 Å². The Morgan fingerprint density at radius 1 is 1.00 bits per heavy atom. The Bertz CT molecular complexity index is 838. The Kier molecular flexibility index (Phi) is 6.49. The van der Waals surface area contributed by atoms with Crippen LogP contribution in [0.2, 0.25) is 0 Å². The topological polar surface area (TPSA) is 17.8 Å². The number of aromatic nitrogens is 2. The first kappa shape index (κ1) is 19.4. The second-order valence-corrected chi connectivity index (χ2v) is 7.69. The zero-order valence-electron chi connectivity index (χ0n) is 17.2. The first-order valence-corrected chi connectivity index (χ1v) is 10.3. The third-order valence-electron chi connectivity index (χ3n) is 5.53. The zero-order valence-corrected chi connectivity index (χ0v) is 17.2. The molecule has 1 atom stereocenters. The number of benzene rings is 2. The molecule has 2 heteroatoms. The molecule has 1 aromatic heterocycles. The van der Waals surface area contributed by atoms with E-state index in [0.717, 1.165) is 17.3 Å². The van der Waals surface area contributed by atoms with Gasteiger partial charge in [-0.2, -0.15) is 0 Å². The van der Waals surface area contributed by atoms with Crippen LogP contribution in [-0.4, -0.2) is 9.55 Å². The second kappa shape index (κ2) is 9.03. The van der Waals surface area contributed by atoms with Crippen LogP contribution < -0.4 is 0 Å². The molecule has 142 valence electrons. The zero-order chi connectivity index (χ0) is 19.2. The maximum atomic E-state index is 4.63. The van der Waals surface area contributed by atoms with Gasteiger partial charge in [-0.25, -0.2) is 4.98 Å². The van der Waals surface area contributed by atoms with Gasteiger partial charge in [-0.3, -0.25) is 4.57 Å². The average Bonchev–Trinajstić information content (AvgIpc) is 3.14. The van der Waals surface area contributed by atoms with Crippen LogP contribution >= 0.6 is 0 Å². The minimum absolute atomic E-state index is 0.794. The SMILES string of the molecule is CCCCC(CC)Cc1cc(C)c(-n2ccnc2-c2ccccc2)c(C)c1. The lowest BCUT2D eigenvalue weighted by molar-refractivity contribution is 0.449. The first-order chi connectivity index (χ1) is 13.1. The van der Waals surface area contributed by atoms with E-state index in [1.165, 1.54) is 54.5 Å². The smallest absolute Gasteiger partial charge is 0.144 e. The summed E-state index contributed by atoms with van der Waals surface area (Å²) in [7, 11) is 0. The fourth-order valence-electron chi connectivity index (χ4n) is 4.10. The molecule has 27 heavy (non-hydrogen) atoms. The van der Waals surface area contributed by atoms with Crippen LogP contribution in [-0.2, 0) is 6.42 Å². The Labute approximate surface area is 164 Å². The monoisotopic (exact) mass is 360 g/mol. The Hall–Kier alpha value is -2.35. The summed E-state index contributed by atoms with van der Waals surface area (Å²) < 4.78 is 2.23. The molecule has 0 aliphatic rings. The molecule has 0 aliphatic carbocycles. The van der Waals surface area contributed by atoms with Crippen LogP contribution in [0, 0.1) is 19.8 Å². The van der Waals surface area contributed by atoms with E-state index in [2.05, 4.69) is 79.8 Å². The summed E-state index contributed by atoms with van der Waals surface area (Å²) in [5.74, 6) is 1.80. The minimum Gasteiger partial charge on any atom is -0.299 e. The van der Waals surface area contributed by atoms with Gasteiger partial charge in [0.15, 0.2) is 0 Å². The Morgan fingerprint density at radius 3 is 2.33 bits per heavy atom. The molecule has 0 fully saturated rings. The number of nitrogens with zero attached hydrogens (tertiary/aromatic N) is 2. The van der Waals surface area contributed by atoms with Crippen LogP contribution in [0.1, 0.15) is 56.2 Å². The molecule has 1 unspecified atom stereocenters. The molecule has 2 aromatic carbocycles. The van der Waals surface area contributed by atoms with E-state index >= 15 is 0 Å². The lowest BCUT2D eigenvalue weighted by Gasteiger charge is -2.19. The number of rotatable bonds is 8. The van der Waals surface area contributed by atoms with E-state index in [-0.39, 0.29) is 0 Å². The number of hydrogen-bond acceptors (Lipinski definition) is 1. The van der Waals surface area contributed by atoms with Crippen LogP contribution in [0.5, 0.6) is 0 Å². The third kappa shape index (κ3) is 4.50. The van der Waals surface area contributed by atoms with Crippen molar-refractivity contribution in [2.45, 2.75) is 59.8 Å². The summed E-state index contributed by atoms with van der Waals surface area (Å²) in [6, 6.07) is 15.2. The molecule has 0 aliphatic heterocycles. The summed E-state index contributed by atoms with van der Waals surface area (Å²) in [6.45, 7) is 9.07. The van der Waals surface area contributed by atoms with Gasteiger partial charge in [-0.1, -0.05) is 82.0 Å². The molecule has 0 bridgehead atoms. The molecule has 0 amide bonds. The highest BCUT2D eigenvalue weighted by atomic mass is 15.1. The highest BCUT2D eigenvalue weighted by molar-refractivity contribution is 5.61. The highest BCUT2D eigenvalue weighted by Gasteiger charge is 2.14. The molecule has 1 heterocycles. The van der Waals surface area contributed by atoms with Crippen LogP contribution in [0.3, 0.4) is 0 Å². The fraction of sp³-hybridized carbons (Fsp3) is 0.400. The standard InChI is InChI=1S/C25H32N2/c1-5-7-11-21(6-2)18-22-16-19(3)24(20(4)17-22)27-15-14-26-25(27)23-12-9-8-10-13-23/h8-10,12-17,21H,5-7,11,18H2,1-4H3. The van der Waals surface area contributed by atoms with Crippen LogP contribution in [0.25, 0.3) is 17.1 Å². The summed E-state index contributed by atoms with van der Waals surface area (Å²) in [6.07, 6.45) is 10.4. The van der Waals surface area contributed by atoms with E-state index in [4.69, 9.17) is 0 Å². The molecule has 0 saturated heterocycles. The van der Waals surface area contributed by atoms with Crippen LogP contribution in [0.4, 0.5) is 0 Å². The number of aryl methyl sites for hydroxylation is 2. The van der Waals surface area contributed by atoms with Gasteiger partial charge in [0.2, 0.25) is 0 Å². The van der Waals surface area contributed by atoms with Crippen LogP contribution in [0.15, 0.2) is 54.9 Å². The molecule has 2 nitrogen and oxygen atoms in total. The summed E-state index contributed by atoms with van der Waals surface area (Å²) in [5.41, 5.74) is 6.53. The lowest BCUT2D eigenvalue weighted by Crippen LogP contribution is -2.07. The lowest BCUT2D eigenvalue weighted by atomic mass is 9.90. The van der Waals surface area contributed by atoms with Crippen molar-refractivity contribution in [3.63, 3.8) is 0 Å². The first-order valence-electron chi connectivity index (χ1n) is 10.3. The van der Waals surface area contributed by atoms with Crippen molar-refractivity contribution >= 4 is 0 Å². The second-order valence-electron chi connectivity index (χ2n) is 7.69. The molecule has 0 saturated carbocycles. The van der Waals surface area contributed by atoms with E-state index in [0.29, 0.717) is 0 Å². The Balaban J connectivity index is 1.92. The van der Waals surface area contributed by atoms with Gasteiger partial charge in [0, 0.05) is 18.0 Å². The molecular weight excluding hydrogens is 328 g/mol. The van der Waals surface area contributed by atoms with Gasteiger partial charge in [0.05, 0.1) is 5.69 Å². The van der Waals surface area contributed by atoms with Crippen molar-refractivity contribution in [3.8, 4) is 17.1 Å².